The van der Waals surface area contributed by atoms with Crippen molar-refractivity contribution in [2.24, 2.45) is 0 Å². The van der Waals surface area contributed by atoms with Crippen LogP contribution in [0.3, 0.4) is 0 Å². The van der Waals surface area contributed by atoms with E-state index < -0.39 is 28.5 Å². The Morgan fingerprint density at radius 1 is 0.977 bits per heavy atom. The molecule has 2 amide bonds. The molecule has 8 nitrogen and oxygen atoms in total. The van der Waals surface area contributed by atoms with Crippen LogP contribution in [0.2, 0.25) is 10.0 Å². The first-order valence-corrected chi connectivity index (χ1v) is 16.9. The van der Waals surface area contributed by atoms with Gasteiger partial charge in [-0.15, -0.1) is 0 Å². The van der Waals surface area contributed by atoms with Crippen LogP contribution in [0.5, 0.6) is 5.75 Å². The van der Waals surface area contributed by atoms with E-state index in [9.17, 15) is 18.0 Å². The van der Waals surface area contributed by atoms with Gasteiger partial charge in [0.05, 0.1) is 17.7 Å². The molecule has 1 saturated carbocycles. The second-order valence-corrected chi connectivity index (χ2v) is 13.8. The lowest BCUT2D eigenvalue weighted by Crippen LogP contribution is -2.53. The number of hydrogen-bond donors (Lipinski definition) is 1. The van der Waals surface area contributed by atoms with Gasteiger partial charge in [-0.2, -0.15) is 0 Å². The van der Waals surface area contributed by atoms with Crippen molar-refractivity contribution in [2.75, 3.05) is 18.0 Å². The number of anilines is 1. The van der Waals surface area contributed by atoms with E-state index in [1.54, 1.807) is 48.5 Å². The van der Waals surface area contributed by atoms with Gasteiger partial charge in [0.25, 0.3) is 10.0 Å². The molecule has 3 aromatic carbocycles. The number of rotatable bonds is 12. The molecule has 11 heteroatoms. The first kappa shape index (κ1) is 33.6. The van der Waals surface area contributed by atoms with Crippen molar-refractivity contribution in [1.82, 2.24) is 10.2 Å². The number of carbonyl (C=O) groups is 2. The topological polar surface area (TPSA) is 96.0 Å². The second-order valence-electron chi connectivity index (χ2n) is 11.1. The maximum Gasteiger partial charge on any atom is 0.264 e. The van der Waals surface area contributed by atoms with Crippen LogP contribution in [0, 0.1) is 13.8 Å². The van der Waals surface area contributed by atoms with Gasteiger partial charge in [0.2, 0.25) is 11.8 Å². The molecule has 0 aliphatic heterocycles. The molecule has 236 valence electrons. The Hall–Kier alpha value is -3.27. The summed E-state index contributed by atoms with van der Waals surface area (Å²) in [6, 6.07) is 15.7. The van der Waals surface area contributed by atoms with Crippen LogP contribution in [0.4, 0.5) is 5.69 Å². The average Bonchev–Trinajstić information content (AvgIpc) is 3.50. The predicted molar refractivity (Wildman–Crippen MR) is 175 cm³/mol. The van der Waals surface area contributed by atoms with Crippen LogP contribution >= 0.6 is 23.2 Å². The van der Waals surface area contributed by atoms with Crippen LogP contribution in [0.15, 0.2) is 65.6 Å². The summed E-state index contributed by atoms with van der Waals surface area (Å²) in [7, 11) is -2.81. The van der Waals surface area contributed by atoms with Crippen molar-refractivity contribution in [3.05, 3.63) is 87.4 Å². The molecule has 1 aliphatic carbocycles. The minimum atomic E-state index is -4.26. The maximum absolute atomic E-state index is 14.4. The number of sulfonamides is 1. The van der Waals surface area contributed by atoms with Crippen LogP contribution in [0.25, 0.3) is 0 Å². The molecular weight excluding hydrogens is 621 g/mol. The highest BCUT2D eigenvalue weighted by Gasteiger charge is 2.36. The van der Waals surface area contributed by atoms with Crippen LogP contribution in [0.1, 0.15) is 55.7 Å². The molecule has 1 atom stereocenters. The highest BCUT2D eigenvalue weighted by atomic mass is 35.5. The van der Waals surface area contributed by atoms with Crippen LogP contribution < -0.4 is 14.4 Å². The van der Waals surface area contributed by atoms with Gasteiger partial charge < -0.3 is 15.0 Å². The summed E-state index contributed by atoms with van der Waals surface area (Å²) in [4.78, 5) is 29.5. The van der Waals surface area contributed by atoms with Crippen molar-refractivity contribution in [3.8, 4) is 5.75 Å². The smallest absolute Gasteiger partial charge is 0.264 e. The summed E-state index contributed by atoms with van der Waals surface area (Å²) >= 11 is 13.0. The molecule has 0 unspecified atom stereocenters. The molecule has 4 rings (SSSR count). The number of ether oxygens (including phenoxy) is 1. The van der Waals surface area contributed by atoms with E-state index in [0.29, 0.717) is 22.0 Å². The van der Waals surface area contributed by atoms with E-state index in [4.69, 9.17) is 27.9 Å². The van der Waals surface area contributed by atoms with E-state index in [0.717, 1.165) is 41.1 Å². The molecule has 0 heterocycles. The number of nitrogens with zero attached hydrogens (tertiary/aromatic N) is 2. The van der Waals surface area contributed by atoms with Gasteiger partial charge in [-0.05, 0) is 75.1 Å². The second kappa shape index (κ2) is 14.7. The number of methoxy groups -OCH3 is 1. The Bertz CT molecular complexity index is 1570. The highest BCUT2D eigenvalue weighted by Crippen LogP contribution is 2.34. The molecular formula is C33H39Cl2N3O5S. The van der Waals surface area contributed by atoms with Gasteiger partial charge >= 0.3 is 0 Å². The zero-order chi connectivity index (χ0) is 32.0. The molecule has 0 spiro atoms. The number of hydrogen-bond acceptors (Lipinski definition) is 5. The Morgan fingerprint density at radius 3 is 2.18 bits per heavy atom. The SMILES string of the molecule is CC[C@H](C(=O)NC1CCCC1)N(Cc1c(Cl)cccc1Cl)C(=O)CN(c1cc(C)ccc1OC)S(=O)(=O)c1ccc(C)cc1. The molecule has 0 bridgehead atoms. The Kier molecular flexibility index (Phi) is 11.2. The minimum absolute atomic E-state index is 0.0196. The lowest BCUT2D eigenvalue weighted by Gasteiger charge is -2.34. The first-order chi connectivity index (χ1) is 21.0. The van der Waals surface area contributed by atoms with E-state index in [2.05, 4.69) is 5.32 Å². The number of halogens is 2. The summed E-state index contributed by atoms with van der Waals surface area (Å²) in [6.45, 7) is 4.83. The maximum atomic E-state index is 14.4. The lowest BCUT2D eigenvalue weighted by molar-refractivity contribution is -0.140. The summed E-state index contributed by atoms with van der Waals surface area (Å²) in [5, 5.41) is 3.78. The van der Waals surface area contributed by atoms with E-state index in [1.165, 1.54) is 24.1 Å². The Morgan fingerprint density at radius 2 is 1.59 bits per heavy atom. The number of amides is 2. The molecule has 0 radical (unpaired) electrons. The van der Waals surface area contributed by atoms with Gasteiger partial charge in [0, 0.05) is 28.2 Å². The number of carbonyl (C=O) groups excluding carboxylic acids is 2. The van der Waals surface area contributed by atoms with Crippen LogP contribution in [-0.4, -0.2) is 50.9 Å². The van der Waals surface area contributed by atoms with E-state index in [-0.39, 0.29) is 34.8 Å². The minimum Gasteiger partial charge on any atom is -0.495 e. The zero-order valence-electron chi connectivity index (χ0n) is 25.5. The summed E-state index contributed by atoms with van der Waals surface area (Å²) in [5.74, 6) is -0.600. The molecule has 44 heavy (non-hydrogen) atoms. The highest BCUT2D eigenvalue weighted by molar-refractivity contribution is 7.92. The fourth-order valence-electron chi connectivity index (χ4n) is 5.49. The Balaban J connectivity index is 1.80. The molecule has 1 aliphatic rings. The first-order valence-electron chi connectivity index (χ1n) is 14.7. The van der Waals surface area contributed by atoms with Crippen molar-refractivity contribution in [1.29, 1.82) is 0 Å². The summed E-state index contributed by atoms with van der Waals surface area (Å²) < 4.78 is 35.1. The van der Waals surface area contributed by atoms with Gasteiger partial charge in [0.15, 0.2) is 0 Å². The normalized spacial score (nSPS) is 14.2. The molecule has 1 fully saturated rings. The molecule has 0 aromatic heterocycles. The third-order valence-corrected chi connectivity index (χ3v) is 10.5. The Labute approximate surface area is 270 Å². The quantitative estimate of drug-likeness (QED) is 0.234. The predicted octanol–water partition coefficient (Wildman–Crippen LogP) is 6.68. The molecule has 3 aromatic rings. The average molecular weight is 661 g/mol. The zero-order valence-corrected chi connectivity index (χ0v) is 27.8. The fraction of sp³-hybridized carbons (Fsp3) is 0.394. The summed E-state index contributed by atoms with van der Waals surface area (Å²) in [5.41, 5.74) is 2.35. The third kappa shape index (κ3) is 7.68. The van der Waals surface area contributed by atoms with E-state index in [1.807, 2.05) is 20.8 Å². The van der Waals surface area contributed by atoms with E-state index >= 15 is 0 Å². The van der Waals surface area contributed by atoms with Crippen molar-refractivity contribution in [2.45, 2.75) is 76.4 Å². The monoisotopic (exact) mass is 659 g/mol. The lowest BCUT2D eigenvalue weighted by atomic mass is 10.1. The van der Waals surface area contributed by atoms with Gasteiger partial charge in [-0.25, -0.2) is 8.42 Å². The number of nitrogens with one attached hydrogen (secondary N) is 1. The fourth-order valence-corrected chi connectivity index (χ4v) is 7.42. The summed E-state index contributed by atoms with van der Waals surface area (Å²) in [6.07, 6.45) is 4.11. The largest absolute Gasteiger partial charge is 0.495 e. The van der Waals surface area contributed by atoms with Crippen molar-refractivity contribution < 1.29 is 22.7 Å². The van der Waals surface area contributed by atoms with Crippen LogP contribution in [-0.2, 0) is 26.2 Å². The number of aryl methyl sites for hydroxylation is 2. The molecule has 1 N–H and O–H groups in total. The van der Waals surface area contributed by atoms with Gasteiger partial charge in [0.1, 0.15) is 18.3 Å². The van der Waals surface area contributed by atoms with Gasteiger partial charge in [-0.1, -0.05) is 72.8 Å². The van der Waals surface area contributed by atoms with Gasteiger partial charge in [-0.3, -0.25) is 13.9 Å². The third-order valence-electron chi connectivity index (χ3n) is 7.97. The standard InChI is InChI=1S/C33H39Cl2N3O5S/c1-5-29(33(40)36-24-9-6-7-10-24)37(20-26-27(34)11-8-12-28(26)35)32(39)21-38(30-19-23(3)15-18-31(30)43-4)44(41,42)25-16-13-22(2)14-17-25/h8,11-19,24,29H,5-7,9-10,20-21H2,1-4H3,(H,36,40)/t29-/m1/s1. The van der Waals surface area contributed by atoms with Crippen molar-refractivity contribution >= 4 is 50.7 Å². The number of benzene rings is 3. The molecule has 0 saturated heterocycles. The van der Waals surface area contributed by atoms with Crippen molar-refractivity contribution in [3.63, 3.8) is 0 Å².